The predicted molar refractivity (Wildman–Crippen MR) is 60.0 cm³/mol. The van der Waals surface area contributed by atoms with Gasteiger partial charge in [-0.3, -0.25) is 0 Å². The van der Waals surface area contributed by atoms with E-state index in [0.29, 0.717) is 6.07 Å². The Labute approximate surface area is 124 Å². The highest BCUT2D eigenvalue weighted by atomic mass is 19.4. The summed E-state index contributed by atoms with van der Waals surface area (Å²) < 4.78 is 116. The molecule has 0 saturated heterocycles. The molecule has 1 nitrogen and oxygen atoms in total. The van der Waals surface area contributed by atoms with E-state index < -0.39 is 41.2 Å². The summed E-state index contributed by atoms with van der Waals surface area (Å²) in [6, 6.07) is 2.16. The zero-order chi connectivity index (χ0) is 18.3. The van der Waals surface area contributed by atoms with Gasteiger partial charge in [-0.05, 0) is 18.1 Å². The first-order valence-corrected chi connectivity index (χ1v) is 6.16. The van der Waals surface area contributed by atoms with E-state index in [0.717, 1.165) is 6.07 Å². The molecule has 0 aliphatic carbocycles. The van der Waals surface area contributed by atoms with Crippen LogP contribution in [0, 0.1) is 0 Å². The summed E-state index contributed by atoms with van der Waals surface area (Å²) in [5.74, 6) is -19.5. The summed E-state index contributed by atoms with van der Waals surface area (Å²) in [5, 5.41) is 11.4. The van der Waals surface area contributed by atoms with Gasteiger partial charge in [-0.1, -0.05) is 25.1 Å². The molecule has 0 aliphatic rings. The normalized spacial score (nSPS) is 15.6. The maximum absolute atomic E-state index is 13.7. The number of hydrogen-bond acceptors (Lipinski definition) is 0. The van der Waals surface area contributed by atoms with Crippen molar-refractivity contribution in [1.29, 1.82) is 0 Å². The van der Waals surface area contributed by atoms with Crippen LogP contribution < -0.4 is 0 Å². The Balaban J connectivity index is 3.40. The van der Waals surface area contributed by atoms with Gasteiger partial charge < -0.3 is 0 Å². The van der Waals surface area contributed by atoms with Crippen LogP contribution in [0.3, 0.4) is 0 Å². The lowest BCUT2D eigenvalue weighted by Crippen LogP contribution is -2.59. The smallest absolute Gasteiger partial charge is 0.228 e. The highest BCUT2D eigenvalue weighted by Gasteiger charge is 2.82. The third kappa shape index (κ3) is 3.13. The fourth-order valence-corrected chi connectivity index (χ4v) is 1.73. The predicted octanol–water partition coefficient (Wildman–Crippen LogP) is 5.49. The number of benzene rings is 1. The van der Waals surface area contributed by atoms with Crippen molar-refractivity contribution < 1.29 is 44.6 Å². The van der Waals surface area contributed by atoms with Crippen molar-refractivity contribution in [3.63, 3.8) is 0 Å². The van der Waals surface area contributed by atoms with Crippen molar-refractivity contribution in [2.24, 2.45) is 0 Å². The van der Waals surface area contributed by atoms with Crippen LogP contribution in [0.1, 0.15) is 30.6 Å². The fraction of sp³-hybridized carbons (Fsp3) is 0.538. The second-order valence-electron chi connectivity index (χ2n) is 4.74. The molecule has 0 bridgehead atoms. The molecule has 1 radical (unpaired) electrons. The van der Waals surface area contributed by atoms with Crippen LogP contribution in [0.4, 0.5) is 39.5 Å². The second kappa shape index (κ2) is 5.88. The first kappa shape index (κ1) is 19.6. The Kier molecular flexibility index (Phi) is 5.01. The van der Waals surface area contributed by atoms with Gasteiger partial charge in [0.25, 0.3) is 0 Å². The van der Waals surface area contributed by atoms with E-state index >= 15 is 0 Å². The maximum Gasteiger partial charge on any atom is 0.460 e. The summed E-state index contributed by atoms with van der Waals surface area (Å²) in [6.07, 6.45) is -8.60. The first-order valence-electron chi connectivity index (χ1n) is 6.16. The number of hydrogen-bond donors (Lipinski definition) is 0. The molecule has 0 saturated carbocycles. The highest BCUT2D eigenvalue weighted by Crippen LogP contribution is 2.56. The van der Waals surface area contributed by atoms with E-state index in [2.05, 4.69) is 0 Å². The van der Waals surface area contributed by atoms with E-state index in [1.165, 1.54) is 6.92 Å². The fourth-order valence-electron chi connectivity index (χ4n) is 1.73. The molecule has 1 atom stereocenters. The molecule has 1 unspecified atom stereocenters. The van der Waals surface area contributed by atoms with Crippen molar-refractivity contribution in [1.82, 2.24) is 0 Å². The number of rotatable bonds is 5. The van der Waals surface area contributed by atoms with Crippen LogP contribution in [0.15, 0.2) is 24.3 Å². The molecular weight excluding hydrogens is 343 g/mol. The Bertz CT molecular complexity index is 551. The SMILES string of the molecule is CCC([O])c1cccc(C(F)(F)C(F)(F)C(F)(F)C(F)(F)F)c1. The molecule has 0 spiro atoms. The van der Waals surface area contributed by atoms with Crippen molar-refractivity contribution >= 4 is 0 Å². The van der Waals surface area contributed by atoms with Crippen LogP contribution in [0.2, 0.25) is 0 Å². The van der Waals surface area contributed by atoms with Gasteiger partial charge in [-0.15, -0.1) is 0 Å². The topological polar surface area (TPSA) is 19.9 Å². The minimum atomic E-state index is -6.96. The van der Waals surface area contributed by atoms with Gasteiger partial charge in [-0.2, -0.15) is 39.5 Å². The lowest BCUT2D eigenvalue weighted by atomic mass is 9.94. The van der Waals surface area contributed by atoms with Crippen molar-refractivity contribution in [2.75, 3.05) is 0 Å². The summed E-state index contributed by atoms with van der Waals surface area (Å²) in [6.45, 7) is 1.36. The monoisotopic (exact) mass is 353 g/mol. The van der Waals surface area contributed by atoms with Gasteiger partial charge in [0.05, 0.1) is 0 Å². The van der Waals surface area contributed by atoms with Gasteiger partial charge in [0.15, 0.2) is 0 Å². The standard InChI is InChI=1S/C13H10F9O/c1-2-9(23)7-4-3-5-8(6-7)10(14,15)11(16,17)12(18,19)13(20,21)22/h3-6,9H,2H2,1H3. The minimum absolute atomic E-state index is 0.121. The Morgan fingerprint density at radius 2 is 1.43 bits per heavy atom. The van der Waals surface area contributed by atoms with Gasteiger partial charge in [0, 0.05) is 5.56 Å². The molecule has 0 N–H and O–H groups in total. The van der Waals surface area contributed by atoms with Crippen LogP contribution in [0.5, 0.6) is 0 Å². The number of halogens is 9. The molecule has 0 aromatic heterocycles. The van der Waals surface area contributed by atoms with E-state index in [1.807, 2.05) is 0 Å². The van der Waals surface area contributed by atoms with Gasteiger partial charge in [0.1, 0.15) is 6.10 Å². The molecule has 1 aromatic carbocycles. The van der Waals surface area contributed by atoms with E-state index in [-0.39, 0.29) is 18.6 Å². The third-order valence-electron chi connectivity index (χ3n) is 3.14. The Morgan fingerprint density at radius 1 is 0.913 bits per heavy atom. The molecule has 1 rings (SSSR count). The van der Waals surface area contributed by atoms with Gasteiger partial charge in [-0.25, -0.2) is 5.11 Å². The quantitative estimate of drug-likeness (QED) is 0.624. The minimum Gasteiger partial charge on any atom is -0.228 e. The largest absolute Gasteiger partial charge is 0.460 e. The Morgan fingerprint density at radius 3 is 1.87 bits per heavy atom. The van der Waals surface area contributed by atoms with Gasteiger partial charge >= 0.3 is 23.9 Å². The molecule has 131 valence electrons. The molecule has 0 amide bonds. The Hall–Kier alpha value is -1.45. The second-order valence-corrected chi connectivity index (χ2v) is 4.74. The highest BCUT2D eigenvalue weighted by molar-refractivity contribution is 5.30. The van der Waals surface area contributed by atoms with E-state index in [1.54, 1.807) is 0 Å². The van der Waals surface area contributed by atoms with E-state index in [9.17, 15) is 44.6 Å². The van der Waals surface area contributed by atoms with Crippen LogP contribution in [-0.4, -0.2) is 18.0 Å². The lowest BCUT2D eigenvalue weighted by molar-refractivity contribution is -0.399. The van der Waals surface area contributed by atoms with Crippen molar-refractivity contribution in [2.45, 2.75) is 43.4 Å². The lowest BCUT2D eigenvalue weighted by Gasteiger charge is -2.34. The van der Waals surface area contributed by atoms with Crippen molar-refractivity contribution in [3.05, 3.63) is 35.4 Å². The van der Waals surface area contributed by atoms with Crippen LogP contribution >= 0.6 is 0 Å². The third-order valence-corrected chi connectivity index (χ3v) is 3.14. The summed E-state index contributed by atoms with van der Waals surface area (Å²) in [4.78, 5) is 0. The van der Waals surface area contributed by atoms with E-state index in [4.69, 9.17) is 0 Å². The molecule has 10 heteroatoms. The molecule has 1 aromatic rings. The van der Waals surface area contributed by atoms with Gasteiger partial charge in [0.2, 0.25) is 0 Å². The summed E-state index contributed by atoms with van der Waals surface area (Å²) in [7, 11) is 0. The summed E-state index contributed by atoms with van der Waals surface area (Å²) >= 11 is 0. The zero-order valence-electron chi connectivity index (χ0n) is 11.4. The molecule has 0 aliphatic heterocycles. The molecule has 0 fully saturated rings. The molecule has 23 heavy (non-hydrogen) atoms. The maximum atomic E-state index is 13.7. The summed E-state index contributed by atoms with van der Waals surface area (Å²) in [5.41, 5.74) is -2.21. The van der Waals surface area contributed by atoms with Crippen LogP contribution in [0.25, 0.3) is 0 Å². The zero-order valence-corrected chi connectivity index (χ0v) is 11.4. The first-order chi connectivity index (χ1) is 10.2. The number of alkyl halides is 9. The molecule has 0 heterocycles. The average molecular weight is 353 g/mol. The van der Waals surface area contributed by atoms with Crippen molar-refractivity contribution in [3.8, 4) is 0 Å². The average Bonchev–Trinajstić information content (AvgIpc) is 2.44. The van der Waals surface area contributed by atoms with Crippen LogP contribution in [-0.2, 0) is 11.0 Å². The molecular formula is C13H10F9O.